The molecule has 0 unspecified atom stereocenters. The molecule has 1 aliphatic carbocycles. The summed E-state index contributed by atoms with van der Waals surface area (Å²) in [4.78, 5) is 4.63. The zero-order valence-electron chi connectivity index (χ0n) is 14.1. The first-order valence-electron chi connectivity index (χ1n) is 8.16. The highest BCUT2D eigenvalue weighted by atomic mass is 14.7. The van der Waals surface area contributed by atoms with E-state index in [0.29, 0.717) is 0 Å². The number of aromatic nitrogens is 1. The molecule has 23 heavy (non-hydrogen) atoms. The van der Waals surface area contributed by atoms with E-state index in [4.69, 9.17) is 0 Å². The first kappa shape index (κ1) is 14.2. The van der Waals surface area contributed by atoms with E-state index < -0.39 is 0 Å². The van der Waals surface area contributed by atoms with Crippen LogP contribution < -0.4 is 0 Å². The topological polar surface area (TPSA) is 12.9 Å². The van der Waals surface area contributed by atoms with Crippen molar-refractivity contribution in [3.8, 4) is 22.4 Å². The van der Waals surface area contributed by atoms with E-state index in [-0.39, 0.29) is 5.41 Å². The number of hydrogen-bond acceptors (Lipinski definition) is 1. The number of nitrogens with zero attached hydrogens (tertiary/aromatic N) is 1. The predicted octanol–water partition coefficient (Wildman–Crippen LogP) is 5.67. The number of aryl methyl sites for hydroxylation is 2. The highest BCUT2D eigenvalue weighted by Gasteiger charge is 2.37. The Morgan fingerprint density at radius 3 is 2.30 bits per heavy atom. The van der Waals surface area contributed by atoms with Crippen LogP contribution in [0.5, 0.6) is 0 Å². The van der Waals surface area contributed by atoms with Gasteiger partial charge in [-0.15, -0.1) is 0 Å². The second-order valence-corrected chi connectivity index (χ2v) is 7.12. The Hall–Kier alpha value is -2.41. The van der Waals surface area contributed by atoms with Crippen molar-refractivity contribution in [2.24, 2.45) is 0 Å². The summed E-state index contributed by atoms with van der Waals surface area (Å²) in [5.74, 6) is 0. The van der Waals surface area contributed by atoms with Gasteiger partial charge >= 0.3 is 0 Å². The summed E-state index contributed by atoms with van der Waals surface area (Å²) in [6.45, 7) is 8.95. The fourth-order valence-corrected chi connectivity index (χ4v) is 3.89. The second kappa shape index (κ2) is 4.79. The molecular formula is C22H21N. The Morgan fingerprint density at radius 1 is 0.783 bits per heavy atom. The predicted molar refractivity (Wildman–Crippen MR) is 96.7 cm³/mol. The molecule has 0 radical (unpaired) electrons. The van der Waals surface area contributed by atoms with E-state index in [0.717, 1.165) is 5.69 Å². The zero-order chi connectivity index (χ0) is 16.2. The Bertz CT molecular complexity index is 919. The van der Waals surface area contributed by atoms with Gasteiger partial charge in [-0.1, -0.05) is 55.8 Å². The van der Waals surface area contributed by atoms with E-state index in [1.807, 2.05) is 6.20 Å². The molecule has 0 spiro atoms. The molecule has 3 aromatic rings. The van der Waals surface area contributed by atoms with Crippen LogP contribution in [0.25, 0.3) is 22.4 Å². The molecule has 2 aromatic carbocycles. The van der Waals surface area contributed by atoms with Crippen LogP contribution >= 0.6 is 0 Å². The fourth-order valence-electron chi connectivity index (χ4n) is 3.89. The van der Waals surface area contributed by atoms with Gasteiger partial charge in [-0.3, -0.25) is 4.98 Å². The number of pyridine rings is 1. The molecular weight excluding hydrogens is 278 g/mol. The number of rotatable bonds is 1. The first-order valence-corrected chi connectivity index (χ1v) is 8.16. The maximum Gasteiger partial charge on any atom is 0.0707 e. The summed E-state index contributed by atoms with van der Waals surface area (Å²) < 4.78 is 0. The molecule has 1 heteroatoms. The third-order valence-corrected chi connectivity index (χ3v) is 5.02. The first-order chi connectivity index (χ1) is 11.0. The minimum atomic E-state index is -0.00128. The van der Waals surface area contributed by atoms with Crippen LogP contribution in [-0.4, -0.2) is 4.98 Å². The maximum absolute atomic E-state index is 4.63. The standard InChI is InChI=1S/C22H21N/c1-14-8-9-16-17-6-5-7-18(20-13-15(2)10-11-23-20)21(17)22(3,4)19(16)12-14/h5-13H,1-4H3. The number of benzene rings is 2. The molecule has 0 bridgehead atoms. The largest absolute Gasteiger partial charge is 0.256 e. The van der Waals surface area contributed by atoms with Crippen LogP contribution in [0.1, 0.15) is 36.1 Å². The molecule has 1 heterocycles. The van der Waals surface area contributed by atoms with Crippen molar-refractivity contribution in [1.82, 2.24) is 4.98 Å². The van der Waals surface area contributed by atoms with Crippen molar-refractivity contribution >= 4 is 0 Å². The molecule has 0 saturated carbocycles. The molecule has 0 saturated heterocycles. The van der Waals surface area contributed by atoms with Crippen LogP contribution in [-0.2, 0) is 5.41 Å². The van der Waals surface area contributed by atoms with Gasteiger partial charge in [-0.05, 0) is 53.8 Å². The van der Waals surface area contributed by atoms with Crippen molar-refractivity contribution in [3.63, 3.8) is 0 Å². The van der Waals surface area contributed by atoms with E-state index in [9.17, 15) is 0 Å². The van der Waals surface area contributed by atoms with Gasteiger partial charge in [0.2, 0.25) is 0 Å². The van der Waals surface area contributed by atoms with Crippen LogP contribution in [0.15, 0.2) is 54.7 Å². The van der Waals surface area contributed by atoms with Crippen molar-refractivity contribution in [1.29, 1.82) is 0 Å². The van der Waals surface area contributed by atoms with Crippen LogP contribution in [0.4, 0.5) is 0 Å². The lowest BCUT2D eigenvalue weighted by Crippen LogP contribution is -2.16. The Kier molecular flexibility index (Phi) is 2.96. The van der Waals surface area contributed by atoms with Gasteiger partial charge in [0.1, 0.15) is 0 Å². The molecule has 0 amide bonds. The molecule has 114 valence electrons. The molecule has 0 N–H and O–H groups in total. The minimum Gasteiger partial charge on any atom is -0.256 e. The average molecular weight is 299 g/mol. The van der Waals surface area contributed by atoms with Crippen LogP contribution in [0.3, 0.4) is 0 Å². The molecule has 0 atom stereocenters. The summed E-state index contributed by atoms with van der Waals surface area (Å²) in [5.41, 5.74) is 10.4. The van der Waals surface area contributed by atoms with Gasteiger partial charge in [0, 0.05) is 17.2 Å². The van der Waals surface area contributed by atoms with Gasteiger partial charge in [-0.2, -0.15) is 0 Å². The van der Waals surface area contributed by atoms with Gasteiger partial charge in [0.15, 0.2) is 0 Å². The SMILES string of the molecule is Cc1ccnc(-c2cccc3c2C(C)(C)c2cc(C)ccc2-3)c1. The minimum absolute atomic E-state index is 0.00128. The third kappa shape index (κ3) is 2.03. The highest BCUT2D eigenvalue weighted by Crippen LogP contribution is 2.51. The molecule has 0 aliphatic heterocycles. The van der Waals surface area contributed by atoms with Gasteiger partial charge in [0.05, 0.1) is 5.69 Å². The molecule has 1 nitrogen and oxygen atoms in total. The monoisotopic (exact) mass is 299 g/mol. The van der Waals surface area contributed by atoms with Crippen molar-refractivity contribution < 1.29 is 0 Å². The quantitative estimate of drug-likeness (QED) is 0.564. The fraction of sp³-hybridized carbons (Fsp3) is 0.227. The highest BCUT2D eigenvalue weighted by molar-refractivity contribution is 5.87. The Morgan fingerprint density at radius 2 is 1.52 bits per heavy atom. The zero-order valence-corrected chi connectivity index (χ0v) is 14.1. The lowest BCUT2D eigenvalue weighted by atomic mass is 9.79. The Labute approximate surface area is 138 Å². The van der Waals surface area contributed by atoms with E-state index in [2.05, 4.69) is 81.2 Å². The van der Waals surface area contributed by atoms with Crippen molar-refractivity contribution in [2.45, 2.75) is 33.1 Å². The van der Waals surface area contributed by atoms with Crippen molar-refractivity contribution in [2.75, 3.05) is 0 Å². The van der Waals surface area contributed by atoms with E-state index in [1.54, 1.807) is 0 Å². The number of fused-ring (bicyclic) bond motifs is 3. The summed E-state index contributed by atoms with van der Waals surface area (Å²) >= 11 is 0. The summed E-state index contributed by atoms with van der Waals surface area (Å²) in [5, 5.41) is 0. The normalized spacial score (nSPS) is 14.4. The van der Waals surface area contributed by atoms with Gasteiger partial charge in [0.25, 0.3) is 0 Å². The average Bonchev–Trinajstić information content (AvgIpc) is 2.75. The van der Waals surface area contributed by atoms with Gasteiger partial charge < -0.3 is 0 Å². The van der Waals surface area contributed by atoms with Gasteiger partial charge in [-0.25, -0.2) is 0 Å². The van der Waals surface area contributed by atoms with Crippen LogP contribution in [0.2, 0.25) is 0 Å². The molecule has 0 fully saturated rings. The van der Waals surface area contributed by atoms with E-state index >= 15 is 0 Å². The summed E-state index contributed by atoms with van der Waals surface area (Å²) in [6.07, 6.45) is 1.91. The Balaban J connectivity index is 2.03. The molecule has 1 aliphatic rings. The lowest BCUT2D eigenvalue weighted by molar-refractivity contribution is 0.661. The van der Waals surface area contributed by atoms with E-state index in [1.165, 1.54) is 38.9 Å². The van der Waals surface area contributed by atoms with Crippen LogP contribution in [0, 0.1) is 13.8 Å². The second-order valence-electron chi connectivity index (χ2n) is 7.12. The molecule has 4 rings (SSSR count). The van der Waals surface area contributed by atoms with Crippen molar-refractivity contribution in [3.05, 3.63) is 77.0 Å². The summed E-state index contributed by atoms with van der Waals surface area (Å²) in [7, 11) is 0. The lowest BCUT2D eigenvalue weighted by Gasteiger charge is -2.24. The summed E-state index contributed by atoms with van der Waals surface area (Å²) in [6, 6.07) is 17.7. The maximum atomic E-state index is 4.63. The third-order valence-electron chi connectivity index (χ3n) is 5.02. The number of hydrogen-bond donors (Lipinski definition) is 0. The smallest absolute Gasteiger partial charge is 0.0707 e. The molecule has 1 aromatic heterocycles.